The van der Waals surface area contributed by atoms with Gasteiger partial charge >= 0.3 is 0 Å². The predicted molar refractivity (Wildman–Crippen MR) is 86.8 cm³/mol. The van der Waals surface area contributed by atoms with Crippen LogP contribution in [0.1, 0.15) is 24.6 Å². The van der Waals surface area contributed by atoms with E-state index in [1.165, 1.54) is 4.68 Å². The first-order valence-electron chi connectivity index (χ1n) is 8.10. The van der Waals surface area contributed by atoms with Crippen LogP contribution in [-0.4, -0.2) is 45.3 Å². The van der Waals surface area contributed by atoms with Crippen LogP contribution in [0.4, 0.5) is 8.78 Å². The van der Waals surface area contributed by atoms with Crippen molar-refractivity contribution in [3.8, 4) is 28.7 Å². The summed E-state index contributed by atoms with van der Waals surface area (Å²) in [6.45, 7) is 1.33. The van der Waals surface area contributed by atoms with E-state index in [-0.39, 0.29) is 29.1 Å². The standard InChI is InChI=1S/C16H16F2N6O2/c1-25-11-4-2-9(3-5-11)15-20-16(26-22-15)12-13(14(17)18)24(23-21-12)10-6-7-19-8-10/h2-5,10,14,19H,6-8H2,1H3. The average molecular weight is 362 g/mol. The Morgan fingerprint density at radius 3 is 2.77 bits per heavy atom. The largest absolute Gasteiger partial charge is 0.497 e. The second-order valence-electron chi connectivity index (χ2n) is 5.87. The van der Waals surface area contributed by atoms with Gasteiger partial charge in [0.15, 0.2) is 5.69 Å². The minimum absolute atomic E-state index is 0.0803. The first-order valence-corrected chi connectivity index (χ1v) is 8.10. The van der Waals surface area contributed by atoms with Gasteiger partial charge in [-0.25, -0.2) is 13.5 Å². The van der Waals surface area contributed by atoms with Crippen LogP contribution in [0.5, 0.6) is 5.75 Å². The van der Waals surface area contributed by atoms with Crippen molar-refractivity contribution in [2.24, 2.45) is 0 Å². The molecule has 0 amide bonds. The molecule has 1 N–H and O–H groups in total. The Hall–Kier alpha value is -2.88. The summed E-state index contributed by atoms with van der Waals surface area (Å²) < 4.78 is 38.8. The van der Waals surface area contributed by atoms with Crippen LogP contribution in [0.15, 0.2) is 28.8 Å². The Morgan fingerprint density at radius 1 is 1.31 bits per heavy atom. The Kier molecular flexibility index (Phi) is 4.33. The lowest BCUT2D eigenvalue weighted by atomic mass is 10.2. The predicted octanol–water partition coefficient (Wildman–Crippen LogP) is 2.48. The maximum absolute atomic E-state index is 13.6. The third-order valence-electron chi connectivity index (χ3n) is 4.29. The maximum Gasteiger partial charge on any atom is 0.282 e. The summed E-state index contributed by atoms with van der Waals surface area (Å²) in [4.78, 5) is 4.21. The van der Waals surface area contributed by atoms with Gasteiger partial charge in [0, 0.05) is 12.1 Å². The summed E-state index contributed by atoms with van der Waals surface area (Å²) in [5.41, 5.74) is 0.287. The molecule has 1 aliphatic rings. The number of methoxy groups -OCH3 is 1. The lowest BCUT2D eigenvalue weighted by molar-refractivity contribution is 0.136. The molecule has 1 aromatic carbocycles. The maximum atomic E-state index is 13.6. The van der Waals surface area contributed by atoms with E-state index in [0.29, 0.717) is 24.3 Å². The molecule has 0 saturated carbocycles. The van der Waals surface area contributed by atoms with Crippen molar-refractivity contribution in [3.05, 3.63) is 30.0 Å². The van der Waals surface area contributed by atoms with Crippen LogP contribution >= 0.6 is 0 Å². The smallest absolute Gasteiger partial charge is 0.282 e. The van der Waals surface area contributed by atoms with Gasteiger partial charge in [-0.1, -0.05) is 10.4 Å². The minimum atomic E-state index is -2.75. The number of halogens is 2. The van der Waals surface area contributed by atoms with Gasteiger partial charge in [0.05, 0.1) is 13.2 Å². The quantitative estimate of drug-likeness (QED) is 0.745. The molecule has 3 aromatic rings. The lowest BCUT2D eigenvalue weighted by Crippen LogP contribution is -2.17. The summed E-state index contributed by atoms with van der Waals surface area (Å²) in [6, 6.07) is 6.84. The Balaban J connectivity index is 1.68. The van der Waals surface area contributed by atoms with Crippen LogP contribution in [0, 0.1) is 0 Å². The van der Waals surface area contributed by atoms with E-state index in [2.05, 4.69) is 25.8 Å². The van der Waals surface area contributed by atoms with Gasteiger partial charge in [0.1, 0.15) is 11.4 Å². The van der Waals surface area contributed by atoms with E-state index in [1.807, 2.05) is 0 Å². The Bertz CT molecular complexity index is 887. The van der Waals surface area contributed by atoms with Gasteiger partial charge < -0.3 is 14.6 Å². The van der Waals surface area contributed by atoms with Gasteiger partial charge in [0.2, 0.25) is 5.82 Å². The number of rotatable bonds is 5. The highest BCUT2D eigenvalue weighted by Crippen LogP contribution is 2.32. The molecule has 1 atom stereocenters. The van der Waals surface area contributed by atoms with Crippen molar-refractivity contribution in [2.75, 3.05) is 20.2 Å². The molecule has 1 unspecified atom stereocenters. The van der Waals surface area contributed by atoms with Crippen LogP contribution < -0.4 is 10.1 Å². The minimum Gasteiger partial charge on any atom is -0.497 e. The molecule has 8 nitrogen and oxygen atoms in total. The van der Waals surface area contributed by atoms with E-state index < -0.39 is 6.43 Å². The van der Waals surface area contributed by atoms with E-state index in [1.54, 1.807) is 31.4 Å². The van der Waals surface area contributed by atoms with Gasteiger partial charge in [-0.05, 0) is 37.2 Å². The summed E-state index contributed by atoms with van der Waals surface area (Å²) >= 11 is 0. The van der Waals surface area contributed by atoms with Crippen LogP contribution in [0.3, 0.4) is 0 Å². The van der Waals surface area contributed by atoms with Crippen molar-refractivity contribution >= 4 is 0 Å². The topological polar surface area (TPSA) is 90.9 Å². The molecule has 10 heteroatoms. The normalized spacial score (nSPS) is 17.2. The highest BCUT2D eigenvalue weighted by atomic mass is 19.3. The molecular weight excluding hydrogens is 346 g/mol. The molecular formula is C16H16F2N6O2. The van der Waals surface area contributed by atoms with Gasteiger partial charge in [0.25, 0.3) is 12.3 Å². The van der Waals surface area contributed by atoms with Gasteiger partial charge in [-0.3, -0.25) is 0 Å². The van der Waals surface area contributed by atoms with E-state index in [4.69, 9.17) is 9.26 Å². The SMILES string of the molecule is COc1ccc(-c2noc(-c3nnn(C4CCNC4)c3C(F)F)n2)cc1. The second-order valence-corrected chi connectivity index (χ2v) is 5.87. The summed E-state index contributed by atoms with van der Waals surface area (Å²) in [6.07, 6.45) is -2.04. The fourth-order valence-electron chi connectivity index (χ4n) is 2.95. The first-order chi connectivity index (χ1) is 12.7. The molecule has 4 rings (SSSR count). The second kappa shape index (κ2) is 6.79. The van der Waals surface area contributed by atoms with Crippen molar-refractivity contribution in [1.82, 2.24) is 30.5 Å². The third-order valence-corrected chi connectivity index (χ3v) is 4.29. The Morgan fingerprint density at radius 2 is 2.12 bits per heavy atom. The molecule has 1 saturated heterocycles. The monoisotopic (exact) mass is 362 g/mol. The highest BCUT2D eigenvalue weighted by molar-refractivity contribution is 5.59. The molecule has 1 fully saturated rings. The average Bonchev–Trinajstić information content (AvgIpc) is 3.40. The first kappa shape index (κ1) is 16.6. The highest BCUT2D eigenvalue weighted by Gasteiger charge is 2.31. The number of nitrogens with zero attached hydrogens (tertiary/aromatic N) is 5. The van der Waals surface area contributed by atoms with Crippen molar-refractivity contribution in [2.45, 2.75) is 18.9 Å². The van der Waals surface area contributed by atoms with Gasteiger partial charge in [-0.15, -0.1) is 5.10 Å². The zero-order valence-electron chi connectivity index (χ0n) is 13.9. The summed E-state index contributed by atoms with van der Waals surface area (Å²) in [5.74, 6) is 0.883. The number of hydrogen-bond acceptors (Lipinski definition) is 7. The van der Waals surface area contributed by atoms with Crippen LogP contribution in [0.2, 0.25) is 0 Å². The number of alkyl halides is 2. The van der Waals surface area contributed by atoms with E-state index in [9.17, 15) is 8.78 Å². The zero-order chi connectivity index (χ0) is 18.1. The molecule has 0 radical (unpaired) electrons. The van der Waals surface area contributed by atoms with E-state index >= 15 is 0 Å². The number of aromatic nitrogens is 5. The molecule has 0 spiro atoms. The zero-order valence-corrected chi connectivity index (χ0v) is 13.9. The fourth-order valence-corrected chi connectivity index (χ4v) is 2.95. The van der Waals surface area contributed by atoms with Gasteiger partial charge in [-0.2, -0.15) is 4.98 Å². The molecule has 1 aliphatic heterocycles. The molecule has 0 aliphatic carbocycles. The van der Waals surface area contributed by atoms with Crippen LogP contribution in [0.25, 0.3) is 23.0 Å². The van der Waals surface area contributed by atoms with Crippen molar-refractivity contribution in [1.29, 1.82) is 0 Å². The number of benzene rings is 1. The molecule has 26 heavy (non-hydrogen) atoms. The Labute approximate surface area is 147 Å². The van der Waals surface area contributed by atoms with E-state index in [0.717, 1.165) is 6.54 Å². The molecule has 2 aromatic heterocycles. The molecule has 0 bridgehead atoms. The number of nitrogens with one attached hydrogen (secondary N) is 1. The van der Waals surface area contributed by atoms with Crippen molar-refractivity contribution in [3.63, 3.8) is 0 Å². The number of ether oxygens (including phenoxy) is 1. The van der Waals surface area contributed by atoms with Crippen molar-refractivity contribution < 1.29 is 18.0 Å². The van der Waals surface area contributed by atoms with Crippen LogP contribution in [-0.2, 0) is 0 Å². The fraction of sp³-hybridized carbons (Fsp3) is 0.375. The summed E-state index contributed by atoms with van der Waals surface area (Å²) in [7, 11) is 1.57. The summed E-state index contributed by atoms with van der Waals surface area (Å²) in [5, 5.41) is 14.8. The lowest BCUT2D eigenvalue weighted by Gasteiger charge is -2.11. The molecule has 136 valence electrons. The molecule has 3 heterocycles. The third kappa shape index (κ3) is 2.92. The number of hydrogen-bond donors (Lipinski definition) is 1.